The lowest BCUT2D eigenvalue weighted by Crippen LogP contribution is -2.48. The van der Waals surface area contributed by atoms with Crippen LogP contribution in [-0.2, 0) is 0 Å². The van der Waals surface area contributed by atoms with Gasteiger partial charge in [0.15, 0.2) is 0 Å². The lowest BCUT2D eigenvalue weighted by molar-refractivity contribution is 0.141. The molecule has 0 aromatic heterocycles. The first-order chi connectivity index (χ1) is 6.76. The Bertz CT molecular complexity index is 191. The highest BCUT2D eigenvalue weighted by Gasteiger charge is 2.33. The van der Waals surface area contributed by atoms with Crippen molar-refractivity contribution in [3.05, 3.63) is 0 Å². The highest BCUT2D eigenvalue weighted by atomic mass is 15.2. The fraction of sp³-hybridized carbons (Fsp3) is 1.00. The second kappa shape index (κ2) is 4.42. The summed E-state index contributed by atoms with van der Waals surface area (Å²) in [4.78, 5) is 2.64. The standard InChI is InChI=1S/C13H28N2/c1-7-11(2)15-9-12(3,4)8-14-13(5,6)10-15/h11,14H,7-10H2,1-6H3. The maximum Gasteiger partial charge on any atom is 0.0252 e. The van der Waals surface area contributed by atoms with Gasteiger partial charge in [-0.1, -0.05) is 20.8 Å². The van der Waals surface area contributed by atoms with E-state index >= 15 is 0 Å². The van der Waals surface area contributed by atoms with Gasteiger partial charge in [-0.25, -0.2) is 0 Å². The molecule has 2 heteroatoms. The van der Waals surface area contributed by atoms with Crippen molar-refractivity contribution >= 4 is 0 Å². The number of hydrogen-bond donors (Lipinski definition) is 1. The van der Waals surface area contributed by atoms with Gasteiger partial charge in [-0.05, 0) is 32.6 Å². The Kier molecular flexibility index (Phi) is 3.83. The summed E-state index contributed by atoms with van der Waals surface area (Å²) in [5, 5.41) is 3.68. The van der Waals surface area contributed by atoms with Crippen LogP contribution in [0.15, 0.2) is 0 Å². The molecule has 0 radical (unpaired) electrons. The zero-order valence-electron chi connectivity index (χ0n) is 11.4. The molecule has 0 aromatic rings. The van der Waals surface area contributed by atoms with E-state index in [4.69, 9.17) is 0 Å². The smallest absolute Gasteiger partial charge is 0.0252 e. The van der Waals surface area contributed by atoms with Gasteiger partial charge in [0.05, 0.1) is 0 Å². The molecule has 2 nitrogen and oxygen atoms in total. The Balaban J connectivity index is 2.77. The molecule has 1 N–H and O–H groups in total. The van der Waals surface area contributed by atoms with Gasteiger partial charge in [0.1, 0.15) is 0 Å². The maximum atomic E-state index is 3.68. The first-order valence-electron chi connectivity index (χ1n) is 6.25. The van der Waals surface area contributed by atoms with Crippen LogP contribution in [0.2, 0.25) is 0 Å². The van der Waals surface area contributed by atoms with Crippen molar-refractivity contribution < 1.29 is 0 Å². The fourth-order valence-electron chi connectivity index (χ4n) is 2.27. The van der Waals surface area contributed by atoms with E-state index in [-0.39, 0.29) is 5.54 Å². The Morgan fingerprint density at radius 1 is 1.20 bits per heavy atom. The van der Waals surface area contributed by atoms with Crippen molar-refractivity contribution in [2.24, 2.45) is 5.41 Å². The number of hydrogen-bond acceptors (Lipinski definition) is 2. The van der Waals surface area contributed by atoms with E-state index in [0.717, 1.165) is 13.1 Å². The van der Waals surface area contributed by atoms with Gasteiger partial charge in [0, 0.05) is 31.2 Å². The van der Waals surface area contributed by atoms with Gasteiger partial charge in [-0.2, -0.15) is 0 Å². The molecule has 0 amide bonds. The van der Waals surface area contributed by atoms with Crippen molar-refractivity contribution in [3.63, 3.8) is 0 Å². The second-order valence-corrected chi connectivity index (χ2v) is 6.56. The predicted molar refractivity (Wildman–Crippen MR) is 67.2 cm³/mol. The zero-order chi connectivity index (χ0) is 11.7. The van der Waals surface area contributed by atoms with Crippen LogP contribution in [0.5, 0.6) is 0 Å². The van der Waals surface area contributed by atoms with Gasteiger partial charge in [-0.15, -0.1) is 0 Å². The number of nitrogens with one attached hydrogen (secondary N) is 1. The molecule has 0 bridgehead atoms. The average Bonchev–Trinajstić information content (AvgIpc) is 2.22. The Labute approximate surface area is 95.4 Å². The third kappa shape index (κ3) is 3.76. The second-order valence-electron chi connectivity index (χ2n) is 6.56. The van der Waals surface area contributed by atoms with E-state index in [1.54, 1.807) is 0 Å². The molecule has 1 atom stereocenters. The van der Waals surface area contributed by atoms with E-state index < -0.39 is 0 Å². The van der Waals surface area contributed by atoms with E-state index in [9.17, 15) is 0 Å². The molecule has 1 aliphatic heterocycles. The normalized spacial score (nSPS) is 28.4. The van der Waals surface area contributed by atoms with Crippen LogP contribution >= 0.6 is 0 Å². The molecule has 0 aliphatic carbocycles. The summed E-state index contributed by atoms with van der Waals surface area (Å²) in [5.74, 6) is 0. The fourth-order valence-corrected chi connectivity index (χ4v) is 2.27. The SMILES string of the molecule is CCC(C)N1CC(C)(C)CNC(C)(C)C1. The Hall–Kier alpha value is -0.0800. The highest BCUT2D eigenvalue weighted by molar-refractivity contribution is 4.92. The lowest BCUT2D eigenvalue weighted by atomic mass is 9.92. The van der Waals surface area contributed by atoms with Crippen LogP contribution < -0.4 is 5.32 Å². The number of nitrogens with zero attached hydrogens (tertiary/aromatic N) is 1. The van der Waals surface area contributed by atoms with Crippen LogP contribution in [0, 0.1) is 5.41 Å². The summed E-state index contributed by atoms with van der Waals surface area (Å²) in [6.45, 7) is 17.4. The van der Waals surface area contributed by atoms with Gasteiger partial charge in [0.2, 0.25) is 0 Å². The molecule has 0 saturated carbocycles. The molecular formula is C13H28N2. The number of rotatable bonds is 2. The van der Waals surface area contributed by atoms with Gasteiger partial charge >= 0.3 is 0 Å². The zero-order valence-corrected chi connectivity index (χ0v) is 11.4. The van der Waals surface area contributed by atoms with Crippen molar-refractivity contribution in [1.29, 1.82) is 0 Å². The molecule has 1 heterocycles. The van der Waals surface area contributed by atoms with Crippen LogP contribution in [-0.4, -0.2) is 36.1 Å². The quantitative estimate of drug-likeness (QED) is 0.756. The molecule has 1 saturated heterocycles. The third-order valence-electron chi connectivity index (χ3n) is 3.49. The van der Waals surface area contributed by atoms with Crippen molar-refractivity contribution in [2.45, 2.75) is 59.5 Å². The molecular weight excluding hydrogens is 184 g/mol. The summed E-state index contributed by atoms with van der Waals surface area (Å²) in [6, 6.07) is 0.698. The molecule has 0 aromatic carbocycles. The highest BCUT2D eigenvalue weighted by Crippen LogP contribution is 2.24. The van der Waals surface area contributed by atoms with Crippen molar-refractivity contribution in [1.82, 2.24) is 10.2 Å². The molecule has 1 rings (SSSR count). The summed E-state index contributed by atoms with van der Waals surface area (Å²) >= 11 is 0. The van der Waals surface area contributed by atoms with Gasteiger partial charge in [0.25, 0.3) is 0 Å². The largest absolute Gasteiger partial charge is 0.310 e. The van der Waals surface area contributed by atoms with Gasteiger partial charge in [-0.3, -0.25) is 4.90 Å². The minimum Gasteiger partial charge on any atom is -0.310 e. The van der Waals surface area contributed by atoms with Crippen molar-refractivity contribution in [2.75, 3.05) is 19.6 Å². The van der Waals surface area contributed by atoms with Crippen molar-refractivity contribution in [3.8, 4) is 0 Å². The molecule has 0 spiro atoms. The molecule has 15 heavy (non-hydrogen) atoms. The lowest BCUT2D eigenvalue weighted by Gasteiger charge is -2.35. The third-order valence-corrected chi connectivity index (χ3v) is 3.49. The first kappa shape index (κ1) is 13.0. The van der Waals surface area contributed by atoms with E-state index in [1.165, 1.54) is 13.0 Å². The maximum absolute atomic E-state index is 3.68. The van der Waals surface area contributed by atoms with Gasteiger partial charge < -0.3 is 5.32 Å². The molecule has 1 aliphatic rings. The summed E-state index contributed by atoms with van der Waals surface area (Å²) < 4.78 is 0. The Morgan fingerprint density at radius 2 is 1.80 bits per heavy atom. The summed E-state index contributed by atoms with van der Waals surface area (Å²) in [6.07, 6.45) is 1.24. The van der Waals surface area contributed by atoms with Crippen LogP contribution in [0.4, 0.5) is 0 Å². The van der Waals surface area contributed by atoms with Crippen LogP contribution in [0.25, 0.3) is 0 Å². The summed E-state index contributed by atoms with van der Waals surface area (Å²) in [7, 11) is 0. The van der Waals surface area contributed by atoms with Crippen LogP contribution in [0.1, 0.15) is 48.0 Å². The van der Waals surface area contributed by atoms with E-state index in [2.05, 4.69) is 51.8 Å². The monoisotopic (exact) mass is 212 g/mol. The Morgan fingerprint density at radius 3 is 2.33 bits per heavy atom. The molecule has 90 valence electrons. The average molecular weight is 212 g/mol. The first-order valence-corrected chi connectivity index (χ1v) is 6.25. The van der Waals surface area contributed by atoms with E-state index in [0.29, 0.717) is 11.5 Å². The molecule has 1 unspecified atom stereocenters. The van der Waals surface area contributed by atoms with Crippen LogP contribution in [0.3, 0.4) is 0 Å². The predicted octanol–water partition coefficient (Wildman–Crippen LogP) is 2.49. The van der Waals surface area contributed by atoms with E-state index in [1.807, 2.05) is 0 Å². The topological polar surface area (TPSA) is 15.3 Å². The minimum atomic E-state index is 0.247. The minimum absolute atomic E-state index is 0.247. The molecule has 1 fully saturated rings. The summed E-state index contributed by atoms with van der Waals surface area (Å²) in [5.41, 5.74) is 0.633.